The van der Waals surface area contributed by atoms with Crippen molar-refractivity contribution in [3.63, 3.8) is 0 Å². The van der Waals surface area contributed by atoms with E-state index in [2.05, 4.69) is 36.8 Å². The Hall–Kier alpha value is 0.130. The van der Waals surface area contributed by atoms with Crippen molar-refractivity contribution in [2.24, 2.45) is 0 Å². The SMILES string of the molecule is [2H]c1nc(Br)c(Br)n1COC. The van der Waals surface area contributed by atoms with Gasteiger partial charge < -0.3 is 9.30 Å². The summed E-state index contributed by atoms with van der Waals surface area (Å²) in [5.74, 6) is 0. The molecule has 1 rings (SSSR count). The molecule has 0 aliphatic heterocycles. The first kappa shape index (κ1) is 6.82. The van der Waals surface area contributed by atoms with Crippen LogP contribution in [0.25, 0.3) is 0 Å². The summed E-state index contributed by atoms with van der Waals surface area (Å²) < 4.78 is 15.1. The van der Waals surface area contributed by atoms with Gasteiger partial charge in [-0.1, -0.05) is 0 Å². The van der Waals surface area contributed by atoms with Gasteiger partial charge in [0.1, 0.15) is 17.3 Å². The fraction of sp³-hybridized carbons (Fsp3) is 0.400. The molecule has 0 saturated carbocycles. The van der Waals surface area contributed by atoms with Crippen LogP contribution in [-0.4, -0.2) is 16.7 Å². The lowest BCUT2D eigenvalue weighted by Gasteiger charge is -1.99. The zero-order valence-corrected chi connectivity index (χ0v) is 8.44. The minimum Gasteiger partial charge on any atom is -0.364 e. The van der Waals surface area contributed by atoms with Crippen molar-refractivity contribution in [3.05, 3.63) is 15.5 Å². The van der Waals surface area contributed by atoms with Gasteiger partial charge in [0.2, 0.25) is 0 Å². The van der Waals surface area contributed by atoms with E-state index in [-0.39, 0.29) is 6.30 Å². The van der Waals surface area contributed by atoms with E-state index in [4.69, 9.17) is 6.11 Å². The highest BCUT2D eigenvalue weighted by Crippen LogP contribution is 2.20. The molecular formula is C5H6Br2N2O. The van der Waals surface area contributed by atoms with Crippen molar-refractivity contribution >= 4 is 31.9 Å². The van der Waals surface area contributed by atoms with Crippen LogP contribution < -0.4 is 0 Å². The molecule has 1 aromatic heterocycles. The maximum absolute atomic E-state index is 7.35. The molecule has 0 amide bonds. The average molecular weight is 271 g/mol. The predicted molar refractivity (Wildman–Crippen MR) is 44.6 cm³/mol. The van der Waals surface area contributed by atoms with E-state index in [1.165, 1.54) is 0 Å². The summed E-state index contributed by atoms with van der Waals surface area (Å²) in [5.41, 5.74) is 0. The molecule has 3 nitrogen and oxygen atoms in total. The van der Waals surface area contributed by atoms with Gasteiger partial charge in [0.05, 0.1) is 6.30 Å². The maximum atomic E-state index is 7.35. The van der Waals surface area contributed by atoms with Crippen molar-refractivity contribution < 1.29 is 6.11 Å². The van der Waals surface area contributed by atoms with Crippen molar-refractivity contribution in [1.82, 2.24) is 9.55 Å². The second-order valence-corrected chi connectivity index (χ2v) is 3.14. The minimum absolute atomic E-state index is 0.172. The van der Waals surface area contributed by atoms with Crippen molar-refractivity contribution in [2.75, 3.05) is 7.11 Å². The summed E-state index contributed by atoms with van der Waals surface area (Å²) >= 11 is 6.44. The van der Waals surface area contributed by atoms with Gasteiger partial charge in [-0.25, -0.2) is 4.98 Å². The molecule has 0 aromatic carbocycles. The standard InChI is InChI=1S/C5H6Br2N2O/c1-10-3-9-2-8-4(6)5(9)7/h2H,3H2,1H3/i2D. The van der Waals surface area contributed by atoms with Crippen molar-refractivity contribution in [1.29, 1.82) is 0 Å². The topological polar surface area (TPSA) is 27.1 Å². The van der Waals surface area contributed by atoms with Crippen LogP contribution in [0, 0.1) is 0 Å². The summed E-state index contributed by atoms with van der Waals surface area (Å²) in [6.45, 7) is 0.331. The number of halogens is 2. The van der Waals surface area contributed by atoms with Crippen LogP contribution in [0.4, 0.5) is 0 Å². The van der Waals surface area contributed by atoms with Crippen LogP contribution in [0.3, 0.4) is 0 Å². The zero-order valence-electron chi connectivity index (χ0n) is 6.27. The van der Waals surface area contributed by atoms with Gasteiger partial charge in [0.25, 0.3) is 0 Å². The normalized spacial score (nSPS) is 11.7. The highest BCUT2D eigenvalue weighted by Gasteiger charge is 2.02. The fourth-order valence-corrected chi connectivity index (χ4v) is 1.08. The van der Waals surface area contributed by atoms with E-state index < -0.39 is 0 Å². The van der Waals surface area contributed by atoms with Crippen LogP contribution in [0.1, 0.15) is 1.37 Å². The molecule has 0 N–H and O–H groups in total. The lowest BCUT2D eigenvalue weighted by molar-refractivity contribution is 0.129. The van der Waals surface area contributed by atoms with E-state index in [1.54, 1.807) is 11.7 Å². The molecule has 0 aliphatic carbocycles. The molecule has 1 heterocycles. The van der Waals surface area contributed by atoms with Gasteiger partial charge in [-0.2, -0.15) is 0 Å². The molecule has 0 spiro atoms. The molecule has 0 unspecified atom stereocenters. The molecule has 0 atom stereocenters. The molecule has 0 fully saturated rings. The summed E-state index contributed by atoms with van der Waals surface area (Å²) in [6, 6.07) is 0. The number of ether oxygens (including phenoxy) is 1. The third-order valence-corrected chi connectivity index (χ3v) is 2.82. The predicted octanol–water partition coefficient (Wildman–Crippen LogP) is 2.01. The summed E-state index contributed by atoms with van der Waals surface area (Å²) in [4.78, 5) is 3.85. The van der Waals surface area contributed by atoms with E-state index in [9.17, 15) is 0 Å². The summed E-state index contributed by atoms with van der Waals surface area (Å²) in [5, 5.41) is 0. The monoisotopic (exact) mass is 269 g/mol. The van der Waals surface area contributed by atoms with Gasteiger partial charge in [-0.3, -0.25) is 0 Å². The average Bonchev–Trinajstić information content (AvgIpc) is 2.17. The van der Waals surface area contributed by atoms with E-state index >= 15 is 0 Å². The molecule has 5 heteroatoms. The second kappa shape index (κ2) is 3.50. The number of imidazole rings is 1. The third-order valence-electron chi connectivity index (χ3n) is 0.934. The fourth-order valence-electron chi connectivity index (χ4n) is 0.520. The number of aromatic nitrogens is 2. The highest BCUT2D eigenvalue weighted by molar-refractivity contribution is 9.13. The van der Waals surface area contributed by atoms with Crippen molar-refractivity contribution in [3.8, 4) is 0 Å². The lowest BCUT2D eigenvalue weighted by atomic mass is 10.9. The number of nitrogens with zero attached hydrogens (tertiary/aromatic N) is 2. The number of hydrogen-bond donors (Lipinski definition) is 0. The Morgan fingerprint density at radius 2 is 2.60 bits per heavy atom. The Morgan fingerprint density at radius 3 is 3.00 bits per heavy atom. The quantitative estimate of drug-likeness (QED) is 0.822. The highest BCUT2D eigenvalue weighted by atomic mass is 79.9. The van der Waals surface area contributed by atoms with Gasteiger partial charge in [0, 0.05) is 7.11 Å². The first-order chi connectivity index (χ1) is 5.16. The van der Waals surface area contributed by atoms with E-state index in [0.717, 1.165) is 4.60 Å². The maximum Gasteiger partial charge on any atom is 0.138 e. The Balaban J connectivity index is 3.02. The third kappa shape index (κ3) is 1.59. The molecule has 10 heavy (non-hydrogen) atoms. The minimum atomic E-state index is 0.172. The number of methoxy groups -OCH3 is 1. The molecule has 0 bridgehead atoms. The lowest BCUT2D eigenvalue weighted by Crippen LogP contribution is -1.97. The van der Waals surface area contributed by atoms with Gasteiger partial charge in [-0.15, -0.1) is 0 Å². The van der Waals surface area contributed by atoms with Crippen LogP contribution in [0.15, 0.2) is 15.5 Å². The molecule has 56 valence electrons. The Labute approximate surface area is 77.1 Å². The van der Waals surface area contributed by atoms with Crippen LogP contribution >= 0.6 is 31.9 Å². The largest absolute Gasteiger partial charge is 0.364 e. The smallest absolute Gasteiger partial charge is 0.138 e. The van der Waals surface area contributed by atoms with E-state index in [1.807, 2.05) is 0 Å². The zero-order chi connectivity index (χ0) is 8.43. The summed E-state index contributed by atoms with van der Waals surface area (Å²) in [6.07, 6.45) is 0.172. The Bertz CT molecular complexity index is 263. The summed E-state index contributed by atoms with van der Waals surface area (Å²) in [7, 11) is 1.57. The molecule has 0 aliphatic rings. The van der Waals surface area contributed by atoms with Gasteiger partial charge in [-0.05, 0) is 31.9 Å². The van der Waals surface area contributed by atoms with Crippen LogP contribution in [-0.2, 0) is 11.5 Å². The number of hydrogen-bond acceptors (Lipinski definition) is 2. The van der Waals surface area contributed by atoms with Crippen molar-refractivity contribution in [2.45, 2.75) is 6.73 Å². The van der Waals surface area contributed by atoms with Crippen LogP contribution in [0.5, 0.6) is 0 Å². The molecule has 0 radical (unpaired) electrons. The Morgan fingerprint density at radius 1 is 1.90 bits per heavy atom. The molecular weight excluding hydrogens is 264 g/mol. The van der Waals surface area contributed by atoms with Gasteiger partial charge in [0.15, 0.2) is 0 Å². The number of rotatable bonds is 2. The first-order valence-corrected chi connectivity index (χ1v) is 4.12. The van der Waals surface area contributed by atoms with E-state index in [0.29, 0.717) is 11.3 Å². The molecule has 1 aromatic rings. The first-order valence-electron chi connectivity index (χ1n) is 3.04. The molecule has 0 saturated heterocycles. The second-order valence-electron chi connectivity index (χ2n) is 1.64. The van der Waals surface area contributed by atoms with Gasteiger partial charge >= 0.3 is 0 Å². The van der Waals surface area contributed by atoms with Crippen LogP contribution in [0.2, 0.25) is 0 Å². The Kier molecular flexibility index (Phi) is 2.39.